The van der Waals surface area contributed by atoms with Gasteiger partial charge in [0.05, 0.1) is 19.3 Å². The topological polar surface area (TPSA) is 63.2 Å². The molecule has 194 valence electrons. The minimum Gasteiger partial charge on any atom is -0.463 e. The fraction of sp³-hybridized carbons (Fsp3) is 0.893. The van der Waals surface area contributed by atoms with Crippen LogP contribution in [0.3, 0.4) is 0 Å². The maximum absolute atomic E-state index is 12.1. The third-order valence-electron chi connectivity index (χ3n) is 10.3. The first kappa shape index (κ1) is 26.1. The normalized spacial score (nSPS) is 43.5. The lowest BCUT2D eigenvalue weighted by atomic mass is 9.35. The molecular formula is C28H46O6. The molecule has 5 saturated carbocycles. The second-order valence-corrected chi connectivity index (χ2v) is 11.8. The van der Waals surface area contributed by atoms with Crippen molar-refractivity contribution in [3.63, 3.8) is 0 Å². The van der Waals surface area contributed by atoms with E-state index in [2.05, 4.69) is 19.9 Å². The van der Waals surface area contributed by atoms with Gasteiger partial charge in [0.25, 0.3) is 0 Å². The highest BCUT2D eigenvalue weighted by Gasteiger charge is 2.67. The van der Waals surface area contributed by atoms with E-state index in [0.29, 0.717) is 50.5 Å². The summed E-state index contributed by atoms with van der Waals surface area (Å²) < 4.78 is 28.2. The molecule has 0 aliphatic heterocycles. The molecule has 6 nitrogen and oxygen atoms in total. The lowest BCUT2D eigenvalue weighted by molar-refractivity contribution is -0.274. The van der Waals surface area contributed by atoms with Gasteiger partial charge in [-0.3, -0.25) is 0 Å². The molecule has 0 aromatic carbocycles. The van der Waals surface area contributed by atoms with E-state index >= 15 is 0 Å². The van der Waals surface area contributed by atoms with Gasteiger partial charge in [0.15, 0.2) is 0 Å². The molecule has 5 aliphatic rings. The lowest BCUT2D eigenvalue weighted by Gasteiger charge is -2.70. The van der Waals surface area contributed by atoms with Crippen molar-refractivity contribution in [1.29, 1.82) is 0 Å². The summed E-state index contributed by atoms with van der Waals surface area (Å²) in [5.41, 5.74) is 0.459. The van der Waals surface area contributed by atoms with Gasteiger partial charge in [-0.2, -0.15) is 0 Å². The Morgan fingerprint density at radius 3 is 2.50 bits per heavy atom. The molecule has 5 fully saturated rings. The van der Waals surface area contributed by atoms with Crippen molar-refractivity contribution in [3.8, 4) is 0 Å². The van der Waals surface area contributed by atoms with Crippen LogP contribution in [-0.2, 0) is 28.5 Å². The number of carbonyl (C=O) groups is 1. The first-order chi connectivity index (χ1) is 16.3. The molecule has 0 heterocycles. The van der Waals surface area contributed by atoms with Crippen LogP contribution in [0.4, 0.5) is 0 Å². The average molecular weight is 479 g/mol. The van der Waals surface area contributed by atoms with E-state index in [1.54, 1.807) is 20.3 Å². The Kier molecular flexibility index (Phi) is 8.13. The maximum Gasteiger partial charge on any atom is 0.330 e. The number of allylic oxidation sites excluding steroid dienone is 1. The quantitative estimate of drug-likeness (QED) is 0.182. The van der Waals surface area contributed by atoms with Gasteiger partial charge >= 0.3 is 5.97 Å². The van der Waals surface area contributed by atoms with E-state index in [-0.39, 0.29) is 28.3 Å². The predicted molar refractivity (Wildman–Crippen MR) is 130 cm³/mol. The van der Waals surface area contributed by atoms with E-state index < -0.39 is 0 Å². The van der Waals surface area contributed by atoms with E-state index in [1.807, 2.05) is 6.92 Å². The second kappa shape index (κ2) is 10.6. The molecule has 0 amide bonds. The van der Waals surface area contributed by atoms with Crippen LogP contribution in [0.15, 0.2) is 12.2 Å². The van der Waals surface area contributed by atoms with Crippen LogP contribution >= 0.6 is 0 Å². The third-order valence-corrected chi connectivity index (χ3v) is 10.3. The summed E-state index contributed by atoms with van der Waals surface area (Å²) in [6.07, 6.45) is 13.8. The number of rotatable bonds is 10. The van der Waals surface area contributed by atoms with E-state index in [4.69, 9.17) is 23.7 Å². The van der Waals surface area contributed by atoms with Gasteiger partial charge < -0.3 is 23.7 Å². The molecule has 0 radical (unpaired) electrons. The van der Waals surface area contributed by atoms with Crippen LogP contribution < -0.4 is 0 Å². The van der Waals surface area contributed by atoms with Crippen LogP contribution in [0, 0.1) is 39.9 Å². The predicted octanol–water partition coefficient (Wildman–Crippen LogP) is 5.35. The van der Waals surface area contributed by atoms with Gasteiger partial charge in [-0.1, -0.05) is 26.3 Å². The zero-order valence-electron chi connectivity index (χ0n) is 22.0. The summed E-state index contributed by atoms with van der Waals surface area (Å²) in [6, 6.07) is 0. The van der Waals surface area contributed by atoms with Crippen molar-refractivity contribution in [2.75, 3.05) is 41.0 Å². The standard InChI is InChI=1S/C28H46O6/c1-6-33-24(29)10-13-26(2)11-7-12-27(3)22(26)9-15-28-14-8-20(16-23(27)28)21(17-32-18-30-4)25(28)34-19-31-5/h10,13,20-23,25H,6-9,11-12,14-19H2,1-5H3/t20-,21-,22+,23-,25+,26-,27+,28-/m0/s1. The molecule has 0 unspecified atom stereocenters. The molecular weight excluding hydrogens is 432 g/mol. The van der Waals surface area contributed by atoms with Crippen molar-refractivity contribution >= 4 is 5.97 Å². The molecule has 6 heteroatoms. The van der Waals surface area contributed by atoms with E-state index in [9.17, 15) is 4.79 Å². The maximum atomic E-state index is 12.1. The van der Waals surface area contributed by atoms with Crippen molar-refractivity contribution < 1.29 is 28.5 Å². The number of ether oxygens (including phenoxy) is 5. The van der Waals surface area contributed by atoms with Gasteiger partial charge in [0.1, 0.15) is 13.6 Å². The van der Waals surface area contributed by atoms with Crippen LogP contribution in [0.1, 0.15) is 72.1 Å². The van der Waals surface area contributed by atoms with Crippen LogP contribution in [-0.4, -0.2) is 53.1 Å². The van der Waals surface area contributed by atoms with E-state index in [1.165, 1.54) is 44.9 Å². The molecule has 5 rings (SSSR count). The minimum atomic E-state index is -0.216. The largest absolute Gasteiger partial charge is 0.463 e. The van der Waals surface area contributed by atoms with Crippen molar-refractivity contribution in [1.82, 2.24) is 0 Å². The van der Waals surface area contributed by atoms with Gasteiger partial charge in [-0.05, 0) is 80.5 Å². The summed E-state index contributed by atoms with van der Waals surface area (Å²) in [5.74, 6) is 2.00. The Morgan fingerprint density at radius 2 is 1.76 bits per heavy atom. The monoisotopic (exact) mass is 478 g/mol. The Bertz CT molecular complexity index is 738. The lowest BCUT2D eigenvalue weighted by Crippen LogP contribution is -2.67. The molecule has 0 N–H and O–H groups in total. The molecule has 0 aromatic rings. The van der Waals surface area contributed by atoms with Gasteiger partial charge in [0.2, 0.25) is 0 Å². The smallest absolute Gasteiger partial charge is 0.330 e. The summed E-state index contributed by atoms with van der Waals surface area (Å²) in [5, 5.41) is 0. The summed E-state index contributed by atoms with van der Waals surface area (Å²) >= 11 is 0. The Labute approximate surface area is 206 Å². The van der Waals surface area contributed by atoms with Crippen molar-refractivity contribution in [3.05, 3.63) is 12.2 Å². The zero-order valence-corrected chi connectivity index (χ0v) is 22.0. The average Bonchev–Trinajstić information content (AvgIpc) is 2.82. The van der Waals surface area contributed by atoms with Crippen molar-refractivity contribution in [2.24, 2.45) is 39.9 Å². The Balaban J connectivity index is 1.62. The fourth-order valence-electron chi connectivity index (χ4n) is 9.07. The summed E-state index contributed by atoms with van der Waals surface area (Å²) in [7, 11) is 3.40. The fourth-order valence-corrected chi connectivity index (χ4v) is 9.07. The van der Waals surface area contributed by atoms with Crippen LogP contribution in [0.2, 0.25) is 0 Å². The van der Waals surface area contributed by atoms with Crippen LogP contribution in [0.25, 0.3) is 0 Å². The Morgan fingerprint density at radius 1 is 1.00 bits per heavy atom. The first-order valence-electron chi connectivity index (χ1n) is 13.4. The number of hydrogen-bond acceptors (Lipinski definition) is 6. The van der Waals surface area contributed by atoms with Crippen LogP contribution in [0.5, 0.6) is 0 Å². The zero-order chi connectivity index (χ0) is 24.4. The highest BCUT2D eigenvalue weighted by Crippen LogP contribution is 2.72. The molecule has 5 aliphatic carbocycles. The highest BCUT2D eigenvalue weighted by atomic mass is 16.7. The Hall–Kier alpha value is -0.950. The van der Waals surface area contributed by atoms with E-state index in [0.717, 1.165) is 6.42 Å². The molecule has 2 bridgehead atoms. The summed E-state index contributed by atoms with van der Waals surface area (Å²) in [4.78, 5) is 12.1. The molecule has 8 atom stereocenters. The number of fused-ring (bicyclic) bond motifs is 3. The van der Waals surface area contributed by atoms with Gasteiger partial charge in [0, 0.05) is 31.6 Å². The molecule has 0 saturated heterocycles. The molecule has 34 heavy (non-hydrogen) atoms. The third kappa shape index (κ3) is 4.49. The summed E-state index contributed by atoms with van der Waals surface area (Å²) in [6.45, 7) is 8.59. The van der Waals surface area contributed by atoms with Gasteiger partial charge in [-0.15, -0.1) is 0 Å². The van der Waals surface area contributed by atoms with Crippen molar-refractivity contribution in [2.45, 2.75) is 78.2 Å². The molecule has 0 aromatic heterocycles. The minimum absolute atomic E-state index is 0.0297. The SMILES string of the molecule is CCOC(=O)C=C[C@]1(C)CCC[C@@]2(C)[C@@H]3C[C@@H]4CC[C@@]3(CC[C@@H]21)[C@H](OCOC)[C@H]4COCOC. The number of carbonyl (C=O) groups excluding carboxylic acids is 1. The number of hydrogen-bond donors (Lipinski definition) is 0. The second-order valence-electron chi connectivity index (χ2n) is 11.8. The first-order valence-corrected chi connectivity index (χ1v) is 13.4. The van der Waals surface area contributed by atoms with Gasteiger partial charge in [-0.25, -0.2) is 4.79 Å². The number of methoxy groups -OCH3 is 2. The number of esters is 1. The molecule has 1 spiro atoms. The highest BCUT2D eigenvalue weighted by molar-refractivity contribution is 5.82.